The lowest BCUT2D eigenvalue weighted by Gasteiger charge is -2.37. The van der Waals surface area contributed by atoms with Gasteiger partial charge in [0.15, 0.2) is 0 Å². The van der Waals surface area contributed by atoms with Crippen LogP contribution in [0.15, 0.2) is 48.7 Å². The summed E-state index contributed by atoms with van der Waals surface area (Å²) in [6.07, 6.45) is -2.92. The average molecular weight is 516 g/mol. The average Bonchev–Trinajstić information content (AvgIpc) is 2.85. The number of benzene rings is 2. The Morgan fingerprint density at radius 1 is 1.11 bits per heavy atom. The van der Waals surface area contributed by atoms with Crippen molar-refractivity contribution in [3.8, 4) is 0 Å². The number of carbonyl (C=O) groups excluding carboxylic acids is 2. The number of nitrogens with zero attached hydrogens (tertiary/aromatic N) is 3. The van der Waals surface area contributed by atoms with Crippen molar-refractivity contribution >= 4 is 40.6 Å². The highest BCUT2D eigenvalue weighted by Gasteiger charge is 2.33. The van der Waals surface area contributed by atoms with Gasteiger partial charge in [-0.3, -0.25) is 9.80 Å². The summed E-state index contributed by atoms with van der Waals surface area (Å²) in [6.45, 7) is 4.00. The van der Waals surface area contributed by atoms with Crippen molar-refractivity contribution in [2.24, 2.45) is 0 Å². The van der Waals surface area contributed by atoms with Gasteiger partial charge < -0.3 is 16.0 Å². The first kappa shape index (κ1) is 25.7. The third-order valence-electron chi connectivity index (χ3n) is 5.89. The number of halogens is 4. The second-order valence-corrected chi connectivity index (χ2v) is 8.34. The number of aromatic nitrogens is 1. The van der Waals surface area contributed by atoms with E-state index >= 15 is 0 Å². The third-order valence-corrected chi connectivity index (χ3v) is 5.89. The zero-order valence-electron chi connectivity index (χ0n) is 20.2. The van der Waals surface area contributed by atoms with Gasteiger partial charge in [0.2, 0.25) is 0 Å². The van der Waals surface area contributed by atoms with Crippen LogP contribution in [0.25, 0.3) is 0 Å². The molecule has 0 radical (unpaired) electrons. The Balaban J connectivity index is 1.60. The molecule has 0 unspecified atom stereocenters. The molecule has 3 N–H and O–H groups in total. The summed E-state index contributed by atoms with van der Waals surface area (Å²) in [4.78, 5) is 33.2. The molecular formula is C25H24F4N6O2. The summed E-state index contributed by atoms with van der Waals surface area (Å²) in [5, 5.41) is 7.53. The van der Waals surface area contributed by atoms with Crippen molar-refractivity contribution in [2.45, 2.75) is 26.6 Å². The molecule has 8 nitrogen and oxygen atoms in total. The van der Waals surface area contributed by atoms with E-state index in [1.165, 1.54) is 23.1 Å². The molecule has 2 aromatic carbocycles. The van der Waals surface area contributed by atoms with Crippen molar-refractivity contribution in [3.63, 3.8) is 0 Å². The van der Waals surface area contributed by atoms with E-state index in [0.29, 0.717) is 29.3 Å². The molecule has 0 spiro atoms. The van der Waals surface area contributed by atoms with Gasteiger partial charge in [0.1, 0.15) is 11.6 Å². The van der Waals surface area contributed by atoms with Gasteiger partial charge in [-0.05, 0) is 49.7 Å². The number of pyridine rings is 1. The maximum absolute atomic E-state index is 14.8. The summed E-state index contributed by atoms with van der Waals surface area (Å²) in [6, 6.07) is 7.07. The fourth-order valence-electron chi connectivity index (χ4n) is 4.07. The van der Waals surface area contributed by atoms with E-state index in [1.54, 1.807) is 31.1 Å². The molecule has 0 atom stereocenters. The monoisotopic (exact) mass is 516 g/mol. The fourth-order valence-corrected chi connectivity index (χ4v) is 4.07. The Morgan fingerprint density at radius 3 is 2.54 bits per heavy atom. The zero-order chi connectivity index (χ0) is 26.9. The molecule has 2 heterocycles. The lowest BCUT2D eigenvalue weighted by atomic mass is 10.1. The lowest BCUT2D eigenvalue weighted by molar-refractivity contribution is -0.137. The quantitative estimate of drug-likeness (QED) is 0.352. The Hall–Kier alpha value is -4.35. The highest BCUT2D eigenvalue weighted by molar-refractivity contribution is 6.07. The van der Waals surface area contributed by atoms with Crippen LogP contribution in [-0.2, 0) is 12.7 Å². The first-order valence-electron chi connectivity index (χ1n) is 11.3. The molecule has 0 aliphatic carbocycles. The van der Waals surface area contributed by atoms with Crippen LogP contribution in [0, 0.1) is 12.7 Å². The number of nitrogens with one attached hydrogen (secondary N) is 3. The van der Waals surface area contributed by atoms with Crippen LogP contribution in [0.4, 0.5) is 55.7 Å². The highest BCUT2D eigenvalue weighted by atomic mass is 19.4. The van der Waals surface area contributed by atoms with Crippen LogP contribution in [0.1, 0.15) is 23.6 Å². The fraction of sp³-hybridized carbons (Fsp3) is 0.240. The predicted molar refractivity (Wildman–Crippen MR) is 134 cm³/mol. The second-order valence-electron chi connectivity index (χ2n) is 8.34. The van der Waals surface area contributed by atoms with Gasteiger partial charge in [-0.15, -0.1) is 0 Å². The SMILES string of the molecule is CCN1C(=O)N(c2cc(NC(=O)Nc3cccc(C(F)(F)F)c3)c(F)cc2C)Cc2cnc(NC)cc21. The van der Waals surface area contributed by atoms with Crippen LogP contribution in [-0.4, -0.2) is 30.6 Å². The van der Waals surface area contributed by atoms with E-state index < -0.39 is 23.6 Å². The summed E-state index contributed by atoms with van der Waals surface area (Å²) in [7, 11) is 1.72. The number of carbonyl (C=O) groups is 2. The number of hydrogen-bond acceptors (Lipinski definition) is 4. The molecule has 1 aromatic heterocycles. The van der Waals surface area contributed by atoms with Crippen molar-refractivity contribution < 1.29 is 27.2 Å². The molecule has 0 bridgehead atoms. The van der Waals surface area contributed by atoms with Crippen LogP contribution < -0.4 is 25.8 Å². The van der Waals surface area contributed by atoms with Gasteiger partial charge in [-0.1, -0.05) is 6.07 Å². The summed E-state index contributed by atoms with van der Waals surface area (Å²) >= 11 is 0. The molecule has 37 heavy (non-hydrogen) atoms. The number of hydrogen-bond donors (Lipinski definition) is 3. The molecule has 12 heteroatoms. The number of rotatable bonds is 5. The predicted octanol–water partition coefficient (Wildman–Crippen LogP) is 6.20. The van der Waals surface area contributed by atoms with E-state index in [0.717, 1.165) is 23.8 Å². The third kappa shape index (κ3) is 5.27. The lowest BCUT2D eigenvalue weighted by Crippen LogP contribution is -2.47. The molecule has 1 aliphatic rings. The zero-order valence-corrected chi connectivity index (χ0v) is 20.2. The van der Waals surface area contributed by atoms with Gasteiger partial charge in [-0.25, -0.2) is 19.0 Å². The normalized spacial score (nSPS) is 13.3. The van der Waals surface area contributed by atoms with Gasteiger partial charge in [-0.2, -0.15) is 13.2 Å². The minimum atomic E-state index is -4.58. The summed E-state index contributed by atoms with van der Waals surface area (Å²) < 4.78 is 53.6. The number of amides is 4. The molecule has 0 saturated heterocycles. The van der Waals surface area contributed by atoms with Crippen LogP contribution in [0.3, 0.4) is 0 Å². The first-order valence-corrected chi connectivity index (χ1v) is 11.3. The Morgan fingerprint density at radius 2 is 1.86 bits per heavy atom. The largest absolute Gasteiger partial charge is 0.416 e. The van der Waals surface area contributed by atoms with E-state index in [9.17, 15) is 27.2 Å². The molecule has 0 fully saturated rings. The van der Waals surface area contributed by atoms with Gasteiger partial charge in [0.05, 0.1) is 29.2 Å². The maximum atomic E-state index is 14.8. The van der Waals surface area contributed by atoms with Gasteiger partial charge >= 0.3 is 18.2 Å². The van der Waals surface area contributed by atoms with Crippen molar-refractivity contribution in [2.75, 3.05) is 39.3 Å². The standard InChI is InChI=1S/C25H24F4N6O2/c1-4-34-21-11-22(30-3)31-12-15(21)13-35(24(34)37)20-10-19(18(26)8-14(20)2)33-23(36)32-17-7-5-6-16(9-17)25(27,28)29/h5-12H,4,13H2,1-3H3,(H,30,31)(H2,32,33,36). The summed E-state index contributed by atoms with van der Waals surface area (Å²) in [5.74, 6) is -0.160. The van der Waals surface area contributed by atoms with E-state index in [-0.39, 0.29) is 24.0 Å². The van der Waals surface area contributed by atoms with E-state index in [1.807, 2.05) is 6.92 Å². The number of alkyl halides is 3. The van der Waals surface area contributed by atoms with Crippen LogP contribution in [0.2, 0.25) is 0 Å². The molecule has 4 amide bonds. The minimum Gasteiger partial charge on any atom is -0.373 e. The smallest absolute Gasteiger partial charge is 0.373 e. The Kier molecular flexibility index (Phi) is 6.92. The second kappa shape index (κ2) is 9.96. The van der Waals surface area contributed by atoms with Crippen molar-refractivity contribution in [3.05, 3.63) is 71.2 Å². The number of aryl methyl sites for hydroxylation is 1. The molecule has 1 aliphatic heterocycles. The highest BCUT2D eigenvalue weighted by Crippen LogP contribution is 2.36. The van der Waals surface area contributed by atoms with Crippen LogP contribution in [0.5, 0.6) is 0 Å². The van der Waals surface area contributed by atoms with E-state index in [4.69, 9.17) is 0 Å². The molecule has 0 saturated carbocycles. The minimum absolute atomic E-state index is 0.116. The Labute approximate surface area is 210 Å². The topological polar surface area (TPSA) is 89.6 Å². The number of fused-ring (bicyclic) bond motifs is 1. The van der Waals surface area contributed by atoms with E-state index in [2.05, 4.69) is 20.9 Å². The number of urea groups is 2. The van der Waals surface area contributed by atoms with Gasteiger partial charge in [0.25, 0.3) is 0 Å². The summed E-state index contributed by atoms with van der Waals surface area (Å²) in [5.41, 5.74) is 1.01. The molecule has 4 rings (SSSR count). The van der Waals surface area contributed by atoms with Gasteiger partial charge in [0, 0.05) is 37.1 Å². The first-order chi connectivity index (χ1) is 17.5. The van der Waals surface area contributed by atoms with Crippen molar-refractivity contribution in [1.29, 1.82) is 0 Å². The molecular weight excluding hydrogens is 492 g/mol. The molecule has 194 valence electrons. The van der Waals surface area contributed by atoms with Crippen molar-refractivity contribution in [1.82, 2.24) is 4.98 Å². The maximum Gasteiger partial charge on any atom is 0.416 e. The molecule has 3 aromatic rings. The van der Waals surface area contributed by atoms with Crippen LogP contribution >= 0.6 is 0 Å². The Bertz CT molecular complexity index is 1360. The number of anilines is 5.